The monoisotopic (exact) mass is 253 g/mol. The molecular weight excluding hydrogens is 230 g/mol. The van der Waals surface area contributed by atoms with Crippen molar-refractivity contribution in [3.8, 4) is 0 Å². The van der Waals surface area contributed by atoms with Gasteiger partial charge in [-0.1, -0.05) is 6.08 Å². The topological polar surface area (TPSA) is 53.6 Å². The number of carbonyl (C=O) groups is 1. The van der Waals surface area contributed by atoms with Crippen molar-refractivity contribution >= 4 is 5.91 Å². The number of amides is 1. The van der Waals surface area contributed by atoms with Gasteiger partial charge in [-0.25, -0.2) is 0 Å². The van der Waals surface area contributed by atoms with Crippen LogP contribution < -0.4 is 10.6 Å². The number of ether oxygens (including phenoxy) is 1. The van der Waals surface area contributed by atoms with Gasteiger partial charge in [-0.2, -0.15) is 0 Å². The largest absolute Gasteiger partial charge is 0.373 e. The predicted molar refractivity (Wildman–Crippen MR) is 70.4 cm³/mol. The Hall–Kier alpha value is -0.910. The zero-order valence-electron chi connectivity index (χ0n) is 10.9. The molecule has 0 aliphatic carbocycles. The van der Waals surface area contributed by atoms with E-state index >= 15 is 0 Å². The van der Waals surface area contributed by atoms with Gasteiger partial charge in [-0.15, -0.1) is 6.58 Å². The Labute approximate surface area is 109 Å². The highest BCUT2D eigenvalue weighted by Crippen LogP contribution is 2.22. The molecule has 0 bridgehead atoms. The molecule has 18 heavy (non-hydrogen) atoms. The number of carbonyl (C=O) groups excluding carboxylic acids is 1. The smallest absolute Gasteiger partial charge is 0.234 e. The minimum absolute atomic E-state index is 0.0176. The number of hydrogen-bond donors (Lipinski definition) is 2. The minimum atomic E-state index is 0.0176. The van der Waals surface area contributed by atoms with Gasteiger partial charge in [0.25, 0.3) is 0 Å². The van der Waals surface area contributed by atoms with E-state index < -0.39 is 0 Å². The molecule has 0 saturated carbocycles. The highest BCUT2D eigenvalue weighted by Gasteiger charge is 2.32. The molecule has 2 rings (SSSR count). The van der Waals surface area contributed by atoms with E-state index in [9.17, 15) is 4.79 Å². The average molecular weight is 253 g/mol. The molecule has 102 valence electrons. The molecule has 5 nitrogen and oxygen atoms in total. The van der Waals surface area contributed by atoms with Crippen molar-refractivity contribution in [2.75, 3.05) is 39.3 Å². The first-order valence-electron chi connectivity index (χ1n) is 6.73. The molecule has 2 atom stereocenters. The molecule has 0 aromatic heterocycles. The van der Waals surface area contributed by atoms with Gasteiger partial charge in [0.1, 0.15) is 0 Å². The van der Waals surface area contributed by atoms with Crippen molar-refractivity contribution in [1.82, 2.24) is 15.5 Å². The van der Waals surface area contributed by atoms with Crippen LogP contribution in [0.5, 0.6) is 0 Å². The third-order valence-corrected chi connectivity index (χ3v) is 3.56. The fourth-order valence-corrected chi connectivity index (χ4v) is 2.59. The minimum Gasteiger partial charge on any atom is -0.373 e. The van der Waals surface area contributed by atoms with Gasteiger partial charge in [0.2, 0.25) is 5.91 Å². The van der Waals surface area contributed by atoms with Crippen LogP contribution in [0, 0.1) is 0 Å². The quantitative estimate of drug-likeness (QED) is 0.506. The van der Waals surface area contributed by atoms with Crippen LogP contribution in [0.1, 0.15) is 12.8 Å². The number of nitrogens with zero attached hydrogens (tertiary/aromatic N) is 1. The van der Waals surface area contributed by atoms with Crippen LogP contribution in [-0.2, 0) is 9.53 Å². The van der Waals surface area contributed by atoms with Gasteiger partial charge in [-0.3, -0.25) is 9.69 Å². The van der Waals surface area contributed by atoms with E-state index in [-0.39, 0.29) is 12.0 Å². The van der Waals surface area contributed by atoms with Crippen molar-refractivity contribution in [2.45, 2.75) is 25.0 Å². The summed E-state index contributed by atoms with van der Waals surface area (Å²) in [5.74, 6) is 0.0176. The van der Waals surface area contributed by atoms with Crippen LogP contribution in [0.25, 0.3) is 0 Å². The van der Waals surface area contributed by atoms with E-state index in [1.807, 2.05) is 0 Å². The van der Waals surface area contributed by atoms with Gasteiger partial charge in [0.05, 0.1) is 19.3 Å². The lowest BCUT2D eigenvalue weighted by atomic mass is 10.2. The first kappa shape index (κ1) is 13.5. The third-order valence-electron chi connectivity index (χ3n) is 3.56. The summed E-state index contributed by atoms with van der Waals surface area (Å²) in [6, 6.07) is 0.617. The van der Waals surface area contributed by atoms with Gasteiger partial charge in [0, 0.05) is 25.7 Å². The lowest BCUT2D eigenvalue weighted by molar-refractivity contribution is -0.121. The van der Waals surface area contributed by atoms with Crippen molar-refractivity contribution in [3.05, 3.63) is 12.7 Å². The average Bonchev–Trinajstić information content (AvgIpc) is 2.84. The summed E-state index contributed by atoms with van der Waals surface area (Å²) in [6.07, 6.45) is 4.41. The van der Waals surface area contributed by atoms with Crippen LogP contribution in [-0.4, -0.2) is 62.3 Å². The van der Waals surface area contributed by atoms with E-state index in [1.165, 1.54) is 19.4 Å². The Kier molecular flexibility index (Phi) is 5.16. The standard InChI is InChI=1S/C13H23N3O2/c1-2-5-14-8-13(17)15-7-12-9-16-6-3-4-11(16)10-18-12/h2,11-12,14H,1,3-10H2,(H,15,17). The fourth-order valence-electron chi connectivity index (χ4n) is 2.59. The van der Waals surface area contributed by atoms with Crippen LogP contribution in [0.4, 0.5) is 0 Å². The van der Waals surface area contributed by atoms with Crippen LogP contribution in [0.2, 0.25) is 0 Å². The summed E-state index contributed by atoms with van der Waals surface area (Å²) in [5, 5.41) is 5.88. The molecule has 5 heteroatoms. The van der Waals surface area contributed by atoms with E-state index in [0.717, 1.165) is 13.2 Å². The number of nitrogens with one attached hydrogen (secondary N) is 2. The normalized spacial score (nSPS) is 27.8. The van der Waals surface area contributed by atoms with E-state index in [4.69, 9.17) is 4.74 Å². The van der Waals surface area contributed by atoms with E-state index in [2.05, 4.69) is 22.1 Å². The lowest BCUT2D eigenvalue weighted by Gasteiger charge is -2.35. The Morgan fingerprint density at radius 2 is 2.44 bits per heavy atom. The van der Waals surface area contributed by atoms with Crippen LogP contribution >= 0.6 is 0 Å². The Morgan fingerprint density at radius 3 is 3.28 bits per heavy atom. The highest BCUT2D eigenvalue weighted by atomic mass is 16.5. The van der Waals surface area contributed by atoms with Gasteiger partial charge >= 0.3 is 0 Å². The zero-order valence-corrected chi connectivity index (χ0v) is 10.9. The molecule has 2 aliphatic heterocycles. The molecule has 1 amide bonds. The summed E-state index contributed by atoms with van der Waals surface area (Å²) in [5.41, 5.74) is 0. The molecule has 0 radical (unpaired) electrons. The van der Waals surface area contributed by atoms with Gasteiger partial charge in [-0.05, 0) is 19.4 Å². The summed E-state index contributed by atoms with van der Waals surface area (Å²) < 4.78 is 5.77. The number of rotatable bonds is 6. The van der Waals surface area contributed by atoms with Crippen molar-refractivity contribution in [1.29, 1.82) is 0 Å². The summed E-state index contributed by atoms with van der Waals surface area (Å²) in [6.45, 7) is 8.13. The number of fused-ring (bicyclic) bond motifs is 1. The van der Waals surface area contributed by atoms with Crippen molar-refractivity contribution in [2.24, 2.45) is 0 Å². The third kappa shape index (κ3) is 3.80. The molecule has 0 spiro atoms. The van der Waals surface area contributed by atoms with Crippen LogP contribution in [0.15, 0.2) is 12.7 Å². The molecule has 2 unspecified atom stereocenters. The summed E-state index contributed by atoms with van der Waals surface area (Å²) in [7, 11) is 0. The second kappa shape index (κ2) is 6.87. The first-order chi connectivity index (χ1) is 8.79. The molecule has 2 saturated heterocycles. The maximum atomic E-state index is 11.5. The lowest BCUT2D eigenvalue weighted by Crippen LogP contribution is -2.50. The van der Waals surface area contributed by atoms with Crippen molar-refractivity contribution in [3.63, 3.8) is 0 Å². The van der Waals surface area contributed by atoms with Gasteiger partial charge in [0.15, 0.2) is 0 Å². The van der Waals surface area contributed by atoms with E-state index in [1.54, 1.807) is 6.08 Å². The zero-order chi connectivity index (χ0) is 12.8. The molecule has 0 aromatic rings. The maximum absolute atomic E-state index is 11.5. The predicted octanol–water partition coefficient (Wildman–Crippen LogP) is -0.259. The SMILES string of the molecule is C=CCNCC(=O)NCC1CN2CCCC2CO1. The second-order valence-electron chi connectivity index (χ2n) is 4.97. The van der Waals surface area contributed by atoms with E-state index in [0.29, 0.717) is 25.7 Å². The second-order valence-corrected chi connectivity index (χ2v) is 4.97. The van der Waals surface area contributed by atoms with Crippen LogP contribution in [0.3, 0.4) is 0 Å². The molecule has 2 heterocycles. The first-order valence-corrected chi connectivity index (χ1v) is 6.73. The molecule has 2 N–H and O–H groups in total. The molecular formula is C13H23N3O2. The maximum Gasteiger partial charge on any atom is 0.234 e. The van der Waals surface area contributed by atoms with Crippen molar-refractivity contribution < 1.29 is 9.53 Å². The van der Waals surface area contributed by atoms with Gasteiger partial charge < -0.3 is 15.4 Å². The molecule has 0 aromatic carbocycles. The number of hydrogen-bond acceptors (Lipinski definition) is 4. The summed E-state index contributed by atoms with van der Waals surface area (Å²) >= 11 is 0. The summed E-state index contributed by atoms with van der Waals surface area (Å²) in [4.78, 5) is 14.0. The Balaban J connectivity index is 1.61. The molecule has 2 fully saturated rings. The Bertz CT molecular complexity index is 296. The molecule has 2 aliphatic rings. The Morgan fingerprint density at radius 1 is 1.56 bits per heavy atom. The fraction of sp³-hybridized carbons (Fsp3) is 0.769. The number of morpholine rings is 1. The highest BCUT2D eigenvalue weighted by molar-refractivity contribution is 5.78.